The van der Waals surface area contributed by atoms with Gasteiger partial charge in [0.15, 0.2) is 0 Å². The van der Waals surface area contributed by atoms with Crippen LogP contribution in [0.4, 0.5) is 0 Å². The fraction of sp³-hybridized carbons (Fsp3) is 0.348. The number of nitrogens with one attached hydrogen (secondary N) is 1. The van der Waals surface area contributed by atoms with Gasteiger partial charge in [0.2, 0.25) is 11.8 Å². The first-order valence-corrected chi connectivity index (χ1v) is 10.2. The molecule has 4 rings (SSSR count). The van der Waals surface area contributed by atoms with Gasteiger partial charge in [-0.3, -0.25) is 9.48 Å². The van der Waals surface area contributed by atoms with Gasteiger partial charge in [0.05, 0.1) is 26.0 Å². The molecule has 0 spiro atoms. The van der Waals surface area contributed by atoms with Crippen molar-refractivity contribution in [3.63, 3.8) is 0 Å². The molecule has 0 saturated carbocycles. The number of hydrogen-bond donors (Lipinski definition) is 1. The van der Waals surface area contributed by atoms with Gasteiger partial charge in [-0.2, -0.15) is 5.10 Å². The summed E-state index contributed by atoms with van der Waals surface area (Å²) >= 11 is 0. The van der Waals surface area contributed by atoms with E-state index in [1.807, 2.05) is 35.0 Å². The Kier molecular flexibility index (Phi) is 6.39. The standard InChI is InChI=1S/C23H26N4O3/c1-29-22-13-17(9-11-24-22)7-8-21(28)25-14-20-23-19(10-12-30-20)16-27(26-23)15-18-5-3-2-4-6-18/h2-6,9,11,13,16,20H,7-8,10,12,14-15H2,1H3,(H,25,28)/t20-/m1/s1. The molecule has 1 N–H and O–H groups in total. The molecule has 1 aromatic carbocycles. The molecule has 1 aliphatic heterocycles. The van der Waals surface area contributed by atoms with Crippen molar-refractivity contribution in [1.82, 2.24) is 20.1 Å². The van der Waals surface area contributed by atoms with Crippen molar-refractivity contribution < 1.29 is 14.3 Å². The van der Waals surface area contributed by atoms with E-state index in [1.165, 1.54) is 11.1 Å². The molecule has 156 valence electrons. The smallest absolute Gasteiger partial charge is 0.220 e. The molecule has 7 nitrogen and oxygen atoms in total. The number of rotatable bonds is 8. The Morgan fingerprint density at radius 1 is 1.27 bits per heavy atom. The minimum absolute atomic E-state index is 0.00905. The lowest BCUT2D eigenvalue weighted by Gasteiger charge is -2.22. The number of fused-ring (bicyclic) bond motifs is 1. The maximum absolute atomic E-state index is 12.3. The highest BCUT2D eigenvalue weighted by atomic mass is 16.5. The zero-order valence-electron chi connectivity index (χ0n) is 17.1. The van der Waals surface area contributed by atoms with E-state index >= 15 is 0 Å². The SMILES string of the molecule is COc1cc(CCC(=O)NC[C@H]2OCCc3cn(Cc4ccccc4)nc32)ccn1. The molecule has 3 heterocycles. The van der Waals surface area contributed by atoms with Crippen LogP contribution < -0.4 is 10.1 Å². The topological polar surface area (TPSA) is 78.3 Å². The van der Waals surface area contributed by atoms with Crippen LogP contribution in [0, 0.1) is 0 Å². The van der Waals surface area contributed by atoms with E-state index in [2.05, 4.69) is 28.6 Å². The van der Waals surface area contributed by atoms with Gasteiger partial charge in [-0.1, -0.05) is 30.3 Å². The van der Waals surface area contributed by atoms with Crippen molar-refractivity contribution in [1.29, 1.82) is 0 Å². The average Bonchev–Trinajstić information content (AvgIpc) is 3.20. The van der Waals surface area contributed by atoms with Gasteiger partial charge in [0.25, 0.3) is 0 Å². The molecular weight excluding hydrogens is 380 g/mol. The van der Waals surface area contributed by atoms with E-state index < -0.39 is 0 Å². The number of aryl methyl sites for hydroxylation is 1. The van der Waals surface area contributed by atoms with E-state index in [1.54, 1.807) is 13.3 Å². The number of aromatic nitrogens is 3. The van der Waals surface area contributed by atoms with Crippen LogP contribution in [0.15, 0.2) is 54.9 Å². The summed E-state index contributed by atoms with van der Waals surface area (Å²) in [4.78, 5) is 16.4. The van der Waals surface area contributed by atoms with Crippen molar-refractivity contribution in [3.05, 3.63) is 77.2 Å². The summed E-state index contributed by atoms with van der Waals surface area (Å²) in [5.41, 5.74) is 4.35. The number of nitrogens with zero attached hydrogens (tertiary/aromatic N) is 3. The Morgan fingerprint density at radius 2 is 2.13 bits per heavy atom. The second kappa shape index (κ2) is 9.54. The van der Waals surface area contributed by atoms with Crippen molar-refractivity contribution >= 4 is 5.91 Å². The first-order valence-electron chi connectivity index (χ1n) is 10.2. The Labute approximate surface area is 176 Å². The fourth-order valence-electron chi connectivity index (χ4n) is 3.61. The summed E-state index contributed by atoms with van der Waals surface area (Å²) in [7, 11) is 1.58. The monoisotopic (exact) mass is 406 g/mol. The lowest BCUT2D eigenvalue weighted by Crippen LogP contribution is -2.32. The van der Waals surface area contributed by atoms with E-state index in [-0.39, 0.29) is 12.0 Å². The third-order valence-corrected chi connectivity index (χ3v) is 5.19. The molecular formula is C23H26N4O3. The molecule has 0 radical (unpaired) electrons. The maximum atomic E-state index is 12.3. The molecule has 1 amide bonds. The lowest BCUT2D eigenvalue weighted by molar-refractivity contribution is -0.121. The van der Waals surface area contributed by atoms with E-state index in [4.69, 9.17) is 14.6 Å². The summed E-state index contributed by atoms with van der Waals surface area (Å²) in [6.07, 6.45) is 5.45. The Morgan fingerprint density at radius 3 is 2.97 bits per heavy atom. The summed E-state index contributed by atoms with van der Waals surface area (Å²) in [6, 6.07) is 14.0. The molecule has 2 aromatic heterocycles. The Hall–Kier alpha value is -3.19. The molecule has 3 aromatic rings. The van der Waals surface area contributed by atoms with Crippen LogP contribution in [0.5, 0.6) is 5.88 Å². The molecule has 1 aliphatic rings. The number of carbonyl (C=O) groups is 1. The normalized spacial score (nSPS) is 15.4. The summed E-state index contributed by atoms with van der Waals surface area (Å²) in [6.45, 7) is 1.79. The van der Waals surface area contributed by atoms with Gasteiger partial charge in [-0.15, -0.1) is 0 Å². The van der Waals surface area contributed by atoms with Crippen LogP contribution in [0.1, 0.15) is 34.9 Å². The highest BCUT2D eigenvalue weighted by Crippen LogP contribution is 2.25. The van der Waals surface area contributed by atoms with Gasteiger partial charge < -0.3 is 14.8 Å². The van der Waals surface area contributed by atoms with Crippen molar-refractivity contribution in [2.45, 2.75) is 31.9 Å². The lowest BCUT2D eigenvalue weighted by atomic mass is 10.1. The van der Waals surface area contributed by atoms with E-state index in [9.17, 15) is 4.79 Å². The molecule has 0 fully saturated rings. The minimum atomic E-state index is -0.212. The number of amides is 1. The maximum Gasteiger partial charge on any atom is 0.220 e. The molecule has 0 saturated heterocycles. The third-order valence-electron chi connectivity index (χ3n) is 5.19. The van der Waals surface area contributed by atoms with Crippen LogP contribution in [-0.4, -0.2) is 40.9 Å². The zero-order chi connectivity index (χ0) is 20.8. The molecule has 0 aliphatic carbocycles. The van der Waals surface area contributed by atoms with Crippen LogP contribution in [0.25, 0.3) is 0 Å². The Bertz CT molecular complexity index is 987. The van der Waals surface area contributed by atoms with Crippen molar-refractivity contribution in [2.75, 3.05) is 20.3 Å². The van der Waals surface area contributed by atoms with Crippen LogP contribution >= 0.6 is 0 Å². The average molecular weight is 406 g/mol. The molecule has 0 unspecified atom stereocenters. The van der Waals surface area contributed by atoms with Gasteiger partial charge in [0.1, 0.15) is 6.10 Å². The predicted octanol–water partition coefficient (Wildman–Crippen LogP) is 2.70. The van der Waals surface area contributed by atoms with Crippen LogP contribution in [0.3, 0.4) is 0 Å². The number of benzene rings is 1. The quantitative estimate of drug-likeness (QED) is 0.622. The van der Waals surface area contributed by atoms with E-state index in [0.29, 0.717) is 31.9 Å². The molecule has 7 heteroatoms. The van der Waals surface area contributed by atoms with Crippen LogP contribution in [-0.2, 0) is 28.9 Å². The van der Waals surface area contributed by atoms with Crippen molar-refractivity contribution in [2.24, 2.45) is 0 Å². The zero-order valence-corrected chi connectivity index (χ0v) is 17.1. The first kappa shape index (κ1) is 20.1. The summed E-state index contributed by atoms with van der Waals surface area (Å²) in [5, 5.41) is 7.73. The van der Waals surface area contributed by atoms with Gasteiger partial charge in [-0.05, 0) is 35.6 Å². The fourth-order valence-corrected chi connectivity index (χ4v) is 3.61. The molecule has 0 bridgehead atoms. The third kappa shape index (κ3) is 5.04. The first-order chi connectivity index (χ1) is 14.7. The Balaban J connectivity index is 1.31. The summed E-state index contributed by atoms with van der Waals surface area (Å²) < 4.78 is 13.0. The number of hydrogen-bond acceptors (Lipinski definition) is 5. The van der Waals surface area contributed by atoms with Gasteiger partial charge >= 0.3 is 0 Å². The summed E-state index contributed by atoms with van der Waals surface area (Å²) in [5.74, 6) is 0.548. The van der Waals surface area contributed by atoms with Gasteiger partial charge in [-0.25, -0.2) is 4.98 Å². The second-order valence-corrected chi connectivity index (χ2v) is 7.34. The largest absolute Gasteiger partial charge is 0.481 e. The molecule has 30 heavy (non-hydrogen) atoms. The van der Waals surface area contributed by atoms with Gasteiger partial charge in [0, 0.05) is 31.4 Å². The number of methoxy groups -OCH3 is 1. The highest BCUT2D eigenvalue weighted by molar-refractivity contribution is 5.76. The minimum Gasteiger partial charge on any atom is -0.481 e. The predicted molar refractivity (Wildman–Crippen MR) is 112 cm³/mol. The number of ether oxygens (including phenoxy) is 2. The number of carbonyl (C=O) groups excluding carboxylic acids is 1. The second-order valence-electron chi connectivity index (χ2n) is 7.34. The van der Waals surface area contributed by atoms with Crippen molar-refractivity contribution in [3.8, 4) is 5.88 Å². The van der Waals surface area contributed by atoms with Crippen LogP contribution in [0.2, 0.25) is 0 Å². The highest BCUT2D eigenvalue weighted by Gasteiger charge is 2.25. The molecule has 1 atom stereocenters. The number of pyridine rings is 1. The van der Waals surface area contributed by atoms with E-state index in [0.717, 1.165) is 24.2 Å².